The van der Waals surface area contributed by atoms with Crippen LogP contribution in [0.25, 0.3) is 11.0 Å². The van der Waals surface area contributed by atoms with Crippen LogP contribution in [0.2, 0.25) is 5.02 Å². The van der Waals surface area contributed by atoms with E-state index in [9.17, 15) is 0 Å². The van der Waals surface area contributed by atoms with Crippen LogP contribution in [0.4, 0.5) is 0 Å². The number of benzene rings is 3. The first-order valence-corrected chi connectivity index (χ1v) is 10.5. The third-order valence-electron chi connectivity index (χ3n) is 5.25. The van der Waals surface area contributed by atoms with Gasteiger partial charge in [0.15, 0.2) is 0 Å². The number of imidazole rings is 1. The molecule has 0 unspecified atom stereocenters. The smallest absolute Gasteiger partial charge is 0.147 e. The Balaban J connectivity index is 1.44. The van der Waals surface area contributed by atoms with E-state index in [1.807, 2.05) is 54.6 Å². The summed E-state index contributed by atoms with van der Waals surface area (Å²) in [4.78, 5) is 4.78. The molecule has 0 bridgehead atoms. The van der Waals surface area contributed by atoms with E-state index in [2.05, 4.69) is 30.5 Å². The molecule has 0 spiro atoms. The largest absolute Gasteiger partial charge is 0.493 e. The van der Waals surface area contributed by atoms with Crippen molar-refractivity contribution in [2.24, 2.45) is 0 Å². The Labute approximate surface area is 182 Å². The van der Waals surface area contributed by atoms with Crippen LogP contribution in [0.5, 0.6) is 11.5 Å². The molecule has 30 heavy (non-hydrogen) atoms. The molecule has 4 aromatic rings. The number of fused-ring (bicyclic) bond motifs is 1. The number of aromatic nitrogens is 2. The molecule has 0 aliphatic carbocycles. The molecule has 1 aromatic heterocycles. The minimum absolute atomic E-state index is 0.397. The Kier molecular flexibility index (Phi) is 6.24. The summed E-state index contributed by atoms with van der Waals surface area (Å²) in [6.07, 6.45) is 0.877. The minimum Gasteiger partial charge on any atom is -0.493 e. The van der Waals surface area contributed by atoms with Gasteiger partial charge >= 0.3 is 0 Å². The predicted molar refractivity (Wildman–Crippen MR) is 122 cm³/mol. The topological polar surface area (TPSA) is 36.3 Å². The lowest BCUT2D eigenvalue weighted by molar-refractivity contribution is 0.280. The van der Waals surface area contributed by atoms with E-state index >= 15 is 0 Å². The van der Waals surface area contributed by atoms with Gasteiger partial charge in [-0.3, -0.25) is 0 Å². The Morgan fingerprint density at radius 2 is 1.70 bits per heavy atom. The van der Waals surface area contributed by atoms with Gasteiger partial charge in [-0.1, -0.05) is 35.9 Å². The summed E-state index contributed by atoms with van der Waals surface area (Å²) in [5.41, 5.74) is 4.53. The standard InChI is InChI=1S/C25H25ClN2O2/c1-18-7-5-10-24(19(18)2)29-16-6-15-28-23-9-4-3-8-22(23)27-25(28)17-30-21-13-11-20(26)12-14-21/h3-5,7-14H,6,15-17H2,1-2H3. The molecule has 154 valence electrons. The van der Waals surface area contributed by atoms with Gasteiger partial charge in [-0.25, -0.2) is 4.98 Å². The molecule has 0 radical (unpaired) electrons. The normalized spacial score (nSPS) is 11.0. The van der Waals surface area contributed by atoms with Crippen LogP contribution in [0.1, 0.15) is 23.4 Å². The summed E-state index contributed by atoms with van der Waals surface area (Å²) in [7, 11) is 0. The molecule has 0 atom stereocenters. The quantitative estimate of drug-likeness (QED) is 0.311. The lowest BCUT2D eigenvalue weighted by Crippen LogP contribution is -2.10. The molecular weight excluding hydrogens is 396 g/mol. The van der Waals surface area contributed by atoms with E-state index in [0.29, 0.717) is 18.2 Å². The molecule has 0 saturated carbocycles. The summed E-state index contributed by atoms with van der Waals surface area (Å²) < 4.78 is 14.2. The Morgan fingerprint density at radius 1 is 0.900 bits per heavy atom. The van der Waals surface area contributed by atoms with Crippen molar-refractivity contribution < 1.29 is 9.47 Å². The van der Waals surface area contributed by atoms with Gasteiger partial charge in [0.25, 0.3) is 0 Å². The van der Waals surface area contributed by atoms with Gasteiger partial charge in [0, 0.05) is 11.6 Å². The van der Waals surface area contributed by atoms with E-state index in [0.717, 1.165) is 41.3 Å². The first-order valence-electron chi connectivity index (χ1n) is 10.1. The number of rotatable bonds is 8. The monoisotopic (exact) mass is 420 g/mol. The summed E-state index contributed by atoms with van der Waals surface area (Å²) in [6, 6.07) is 21.7. The number of hydrogen-bond donors (Lipinski definition) is 0. The Hall–Kier alpha value is -2.98. The molecule has 0 N–H and O–H groups in total. The van der Waals surface area contributed by atoms with Crippen molar-refractivity contribution in [1.82, 2.24) is 9.55 Å². The molecular formula is C25H25ClN2O2. The Morgan fingerprint density at radius 3 is 2.53 bits per heavy atom. The van der Waals surface area contributed by atoms with Crippen molar-refractivity contribution in [1.29, 1.82) is 0 Å². The molecule has 0 amide bonds. The van der Waals surface area contributed by atoms with Crippen LogP contribution in [-0.2, 0) is 13.2 Å². The molecule has 5 heteroatoms. The summed E-state index contributed by atoms with van der Waals surface area (Å²) >= 11 is 5.96. The highest BCUT2D eigenvalue weighted by atomic mass is 35.5. The lowest BCUT2D eigenvalue weighted by Gasteiger charge is -2.13. The number of halogens is 1. The van der Waals surface area contributed by atoms with Gasteiger partial charge in [-0.15, -0.1) is 0 Å². The van der Waals surface area contributed by atoms with Crippen LogP contribution < -0.4 is 9.47 Å². The lowest BCUT2D eigenvalue weighted by atomic mass is 10.1. The number of nitrogens with zero attached hydrogens (tertiary/aromatic N) is 2. The molecule has 0 aliphatic heterocycles. The highest BCUT2D eigenvalue weighted by Gasteiger charge is 2.11. The fourth-order valence-corrected chi connectivity index (χ4v) is 3.58. The summed E-state index contributed by atoms with van der Waals surface area (Å²) in [6.45, 7) is 6.06. The van der Waals surface area contributed by atoms with Gasteiger partial charge in [0.1, 0.15) is 23.9 Å². The average Bonchev–Trinajstić information content (AvgIpc) is 3.11. The second-order valence-corrected chi connectivity index (χ2v) is 7.75. The number of para-hydroxylation sites is 2. The van der Waals surface area contributed by atoms with E-state index in [1.165, 1.54) is 11.1 Å². The molecule has 4 rings (SSSR count). The third kappa shape index (κ3) is 4.60. The van der Waals surface area contributed by atoms with Gasteiger partial charge in [0.05, 0.1) is 17.6 Å². The molecule has 0 aliphatic rings. The molecule has 0 saturated heterocycles. The van der Waals surface area contributed by atoms with E-state index in [4.69, 9.17) is 26.1 Å². The summed E-state index contributed by atoms with van der Waals surface area (Å²) in [5.74, 6) is 2.63. The average molecular weight is 421 g/mol. The van der Waals surface area contributed by atoms with Crippen molar-refractivity contribution in [2.45, 2.75) is 33.4 Å². The van der Waals surface area contributed by atoms with Crippen LogP contribution in [0.3, 0.4) is 0 Å². The molecule has 0 fully saturated rings. The zero-order chi connectivity index (χ0) is 20.9. The first kappa shape index (κ1) is 20.3. The van der Waals surface area contributed by atoms with Gasteiger partial charge in [-0.05, 0) is 73.9 Å². The van der Waals surface area contributed by atoms with Crippen LogP contribution >= 0.6 is 11.6 Å². The second-order valence-electron chi connectivity index (χ2n) is 7.31. The predicted octanol–water partition coefficient (Wildman–Crippen LogP) is 6.35. The highest BCUT2D eigenvalue weighted by Crippen LogP contribution is 2.22. The third-order valence-corrected chi connectivity index (χ3v) is 5.51. The van der Waals surface area contributed by atoms with E-state index < -0.39 is 0 Å². The molecule has 3 aromatic carbocycles. The maximum Gasteiger partial charge on any atom is 0.147 e. The number of ether oxygens (including phenoxy) is 2. The van der Waals surface area contributed by atoms with Crippen molar-refractivity contribution in [3.63, 3.8) is 0 Å². The zero-order valence-corrected chi connectivity index (χ0v) is 18.0. The zero-order valence-electron chi connectivity index (χ0n) is 17.3. The van der Waals surface area contributed by atoms with Crippen molar-refractivity contribution in [3.05, 3.63) is 88.7 Å². The van der Waals surface area contributed by atoms with Crippen molar-refractivity contribution in [3.8, 4) is 11.5 Å². The van der Waals surface area contributed by atoms with Crippen LogP contribution in [0.15, 0.2) is 66.7 Å². The molecule has 4 nitrogen and oxygen atoms in total. The van der Waals surface area contributed by atoms with E-state index in [1.54, 1.807) is 0 Å². The molecule has 1 heterocycles. The maximum absolute atomic E-state index is 6.03. The SMILES string of the molecule is Cc1cccc(OCCCn2c(COc3ccc(Cl)cc3)nc3ccccc32)c1C. The maximum atomic E-state index is 6.03. The van der Waals surface area contributed by atoms with E-state index in [-0.39, 0.29) is 0 Å². The van der Waals surface area contributed by atoms with Gasteiger partial charge in [0.2, 0.25) is 0 Å². The second kappa shape index (κ2) is 9.23. The van der Waals surface area contributed by atoms with Gasteiger partial charge < -0.3 is 14.0 Å². The van der Waals surface area contributed by atoms with Crippen LogP contribution in [-0.4, -0.2) is 16.2 Å². The highest BCUT2D eigenvalue weighted by molar-refractivity contribution is 6.30. The number of aryl methyl sites for hydroxylation is 2. The van der Waals surface area contributed by atoms with Crippen molar-refractivity contribution >= 4 is 22.6 Å². The van der Waals surface area contributed by atoms with Crippen molar-refractivity contribution in [2.75, 3.05) is 6.61 Å². The fourth-order valence-electron chi connectivity index (χ4n) is 3.45. The minimum atomic E-state index is 0.397. The Bertz CT molecular complexity index is 1140. The first-order chi connectivity index (χ1) is 14.6. The number of hydrogen-bond acceptors (Lipinski definition) is 3. The summed E-state index contributed by atoms with van der Waals surface area (Å²) in [5, 5.41) is 0.693. The van der Waals surface area contributed by atoms with Gasteiger partial charge in [-0.2, -0.15) is 0 Å². The van der Waals surface area contributed by atoms with Crippen LogP contribution in [0, 0.1) is 13.8 Å². The fraction of sp³-hybridized carbons (Fsp3) is 0.240.